The van der Waals surface area contributed by atoms with Gasteiger partial charge in [0.25, 0.3) is 0 Å². The summed E-state index contributed by atoms with van der Waals surface area (Å²) in [6.45, 7) is 3.06. The van der Waals surface area contributed by atoms with E-state index in [1.54, 1.807) is 0 Å². The van der Waals surface area contributed by atoms with Gasteiger partial charge in [-0.25, -0.2) is 0 Å². The third kappa shape index (κ3) is 7.43. The van der Waals surface area contributed by atoms with Gasteiger partial charge in [-0.3, -0.25) is 0 Å². The molecule has 1 saturated heterocycles. The Hall–Kier alpha value is 1.43. The number of rotatable bonds is 0. The number of hydrogen-bond donors (Lipinski definition) is 0. The molecule has 0 bridgehead atoms. The van der Waals surface area contributed by atoms with Crippen LogP contribution < -0.4 is 0 Å². The van der Waals surface area contributed by atoms with Crippen molar-refractivity contribution in [1.82, 2.24) is 0 Å². The van der Waals surface area contributed by atoms with Crippen LogP contribution in [0, 0.1) is 0 Å². The minimum absolute atomic E-state index is 0.500. The molecule has 2 nitrogen and oxygen atoms in total. The van der Waals surface area contributed by atoms with Crippen molar-refractivity contribution >= 4 is 15.4 Å². The standard InChI is InChI=1S/C3H6O2.Ir.H3P2/c1-2-5-3-4-1;;1-2/h1-3H2;;1H,2H2/q;+1;-1. The van der Waals surface area contributed by atoms with Crippen LogP contribution in [-0.4, -0.2) is 20.0 Å². The zero-order chi connectivity index (χ0) is 6.24. The van der Waals surface area contributed by atoms with Crippen molar-refractivity contribution in [1.29, 1.82) is 0 Å². The fourth-order valence-corrected chi connectivity index (χ4v) is 0.295. The molecule has 2 atom stereocenters. The topological polar surface area (TPSA) is 18.5 Å². The average molecular weight is 331 g/mol. The Bertz CT molecular complexity index is 34.7. The summed E-state index contributed by atoms with van der Waals surface area (Å²) in [4.78, 5) is 0. The molecule has 52 valence electrons. The van der Waals surface area contributed by atoms with Crippen molar-refractivity contribution in [3.63, 3.8) is 0 Å². The minimum atomic E-state index is 0.500. The Kier molecular flexibility index (Phi) is 9.94. The third-order valence-electron chi connectivity index (χ3n) is 0.539. The van der Waals surface area contributed by atoms with E-state index in [2.05, 4.69) is 27.3 Å². The summed E-state index contributed by atoms with van der Waals surface area (Å²) in [7, 11) is 2.61. The number of ether oxygens (including phenoxy) is 2. The summed E-state index contributed by atoms with van der Waals surface area (Å²) in [6.07, 6.45) is 0. The van der Waals surface area contributed by atoms with Crippen LogP contribution >= 0.6 is 15.4 Å². The fourth-order valence-electron chi connectivity index (χ4n) is 0.295. The van der Waals surface area contributed by atoms with Gasteiger partial charge in [0.2, 0.25) is 0 Å². The first-order valence-electron chi connectivity index (χ1n) is 2.11. The molecule has 1 rings (SSSR count). The van der Waals surface area contributed by atoms with Crippen LogP contribution in [0.2, 0.25) is 0 Å². The molecule has 0 amide bonds. The van der Waals surface area contributed by atoms with Gasteiger partial charge >= 0.3 is 33.8 Å². The van der Waals surface area contributed by atoms with Gasteiger partial charge in [-0.05, 0) is 0 Å². The number of hydrogen-bond acceptors (Lipinski definition) is 2. The predicted molar refractivity (Wildman–Crippen MR) is 34.8 cm³/mol. The van der Waals surface area contributed by atoms with Crippen molar-refractivity contribution in [2.75, 3.05) is 20.0 Å². The van der Waals surface area contributed by atoms with Gasteiger partial charge in [0.05, 0.1) is 13.2 Å². The van der Waals surface area contributed by atoms with Gasteiger partial charge in [0.15, 0.2) is 0 Å². The maximum atomic E-state index is 4.72. The van der Waals surface area contributed by atoms with E-state index in [0.717, 1.165) is 19.7 Å². The van der Waals surface area contributed by atoms with Crippen molar-refractivity contribution in [3.8, 4) is 0 Å². The molecule has 0 aromatic rings. The van der Waals surface area contributed by atoms with Gasteiger partial charge in [-0.1, -0.05) is 0 Å². The molecule has 0 saturated carbocycles. The first-order chi connectivity index (χ1) is 3.91. The molecule has 1 aliphatic rings. The van der Waals surface area contributed by atoms with Gasteiger partial charge in [-0.15, -0.1) is 0 Å². The van der Waals surface area contributed by atoms with E-state index in [9.17, 15) is 0 Å². The molecule has 0 radical (unpaired) electrons. The molecule has 0 spiro atoms. The van der Waals surface area contributed by atoms with E-state index in [-0.39, 0.29) is 0 Å². The Morgan fingerprint density at radius 2 is 1.75 bits per heavy atom. The zero-order valence-electron chi connectivity index (χ0n) is 4.35. The Balaban J connectivity index is 0.000000145. The van der Waals surface area contributed by atoms with Crippen molar-refractivity contribution in [2.45, 2.75) is 0 Å². The van der Waals surface area contributed by atoms with Crippen LogP contribution in [0.1, 0.15) is 0 Å². The van der Waals surface area contributed by atoms with Crippen LogP contribution in [0.5, 0.6) is 0 Å². The van der Waals surface area contributed by atoms with Crippen LogP contribution in [-0.2, 0) is 27.9 Å². The molecule has 0 N–H and O–H groups in total. The van der Waals surface area contributed by atoms with Crippen LogP contribution in [0.15, 0.2) is 0 Å². The van der Waals surface area contributed by atoms with E-state index >= 15 is 0 Å². The van der Waals surface area contributed by atoms with Gasteiger partial charge < -0.3 is 9.47 Å². The molecule has 1 aliphatic heterocycles. The first kappa shape index (κ1) is 9.43. The molecule has 0 aromatic carbocycles. The quantitative estimate of drug-likeness (QED) is 0.615. The van der Waals surface area contributed by atoms with Crippen molar-refractivity contribution < 1.29 is 27.9 Å². The SMILES string of the molecule is C1COCO1.P[PH][Ir]. The van der Waals surface area contributed by atoms with E-state index in [4.69, 9.17) is 9.47 Å². The summed E-state index contributed by atoms with van der Waals surface area (Å²) in [5.41, 5.74) is 0. The molecule has 2 unspecified atom stereocenters. The van der Waals surface area contributed by atoms with E-state index in [1.165, 1.54) is 0 Å². The van der Waals surface area contributed by atoms with Crippen molar-refractivity contribution in [2.24, 2.45) is 0 Å². The summed E-state index contributed by atoms with van der Waals surface area (Å²) in [5, 5.41) is 0. The molecule has 1 fully saturated rings. The van der Waals surface area contributed by atoms with E-state index < -0.39 is 0 Å². The fraction of sp³-hybridized carbons (Fsp3) is 1.00. The second-order valence-electron chi connectivity index (χ2n) is 1.03. The van der Waals surface area contributed by atoms with E-state index in [1.807, 2.05) is 0 Å². The molecular formula is C3H9IrO2P2. The summed E-state index contributed by atoms with van der Waals surface area (Å²) >= 11 is 2.12. The van der Waals surface area contributed by atoms with Gasteiger partial charge in [0.1, 0.15) is 6.79 Å². The average Bonchev–Trinajstić information content (AvgIpc) is 2.17. The Morgan fingerprint density at radius 3 is 1.88 bits per heavy atom. The normalized spacial score (nSPS) is 18.9. The molecule has 0 aliphatic carbocycles. The summed E-state index contributed by atoms with van der Waals surface area (Å²) in [5.74, 6) is 0. The van der Waals surface area contributed by atoms with E-state index in [0.29, 0.717) is 6.79 Å². The maximum absolute atomic E-state index is 4.72. The van der Waals surface area contributed by atoms with Crippen LogP contribution in [0.3, 0.4) is 0 Å². The summed E-state index contributed by atoms with van der Waals surface area (Å²) in [6, 6.07) is 0. The van der Waals surface area contributed by atoms with Crippen molar-refractivity contribution in [3.05, 3.63) is 0 Å². The molecule has 1 heterocycles. The second-order valence-corrected chi connectivity index (χ2v) is 8.02. The predicted octanol–water partition coefficient (Wildman–Crippen LogP) is 0.907. The molecular weight excluding hydrogens is 322 g/mol. The summed E-state index contributed by atoms with van der Waals surface area (Å²) < 4.78 is 9.44. The second kappa shape index (κ2) is 8.43. The first-order valence-corrected chi connectivity index (χ1v) is 8.35. The molecule has 5 heteroatoms. The molecule has 0 aromatic heterocycles. The molecule has 8 heavy (non-hydrogen) atoms. The van der Waals surface area contributed by atoms with Crippen LogP contribution in [0.4, 0.5) is 0 Å². The third-order valence-corrected chi connectivity index (χ3v) is 0.539. The van der Waals surface area contributed by atoms with Crippen LogP contribution in [0.25, 0.3) is 0 Å². The Morgan fingerprint density at radius 1 is 1.38 bits per heavy atom. The monoisotopic (exact) mass is 332 g/mol. The van der Waals surface area contributed by atoms with Gasteiger partial charge in [-0.2, -0.15) is 0 Å². The van der Waals surface area contributed by atoms with Gasteiger partial charge in [0, 0.05) is 0 Å². The zero-order valence-corrected chi connectivity index (χ0v) is 8.90. The Labute approximate surface area is 63.6 Å².